The van der Waals surface area contributed by atoms with Crippen LogP contribution in [0.15, 0.2) is 54.6 Å². The predicted octanol–water partition coefficient (Wildman–Crippen LogP) is 2.58. The maximum Gasteiger partial charge on any atom is 0.306 e. The quantitative estimate of drug-likeness (QED) is 0.862. The van der Waals surface area contributed by atoms with Gasteiger partial charge in [0.05, 0.1) is 19.1 Å². The van der Waals surface area contributed by atoms with Crippen molar-refractivity contribution >= 4 is 11.9 Å². The second-order valence-electron chi connectivity index (χ2n) is 6.14. The molecule has 0 bridgehead atoms. The summed E-state index contributed by atoms with van der Waals surface area (Å²) in [6.45, 7) is 1.54. The van der Waals surface area contributed by atoms with Gasteiger partial charge in [-0.3, -0.25) is 9.59 Å². The number of carboxylic acids is 1. The zero-order valence-corrected chi connectivity index (χ0v) is 14.3. The van der Waals surface area contributed by atoms with Crippen molar-refractivity contribution in [3.63, 3.8) is 0 Å². The van der Waals surface area contributed by atoms with Crippen LogP contribution in [0.5, 0.6) is 5.75 Å². The van der Waals surface area contributed by atoms with Gasteiger partial charge in [0.15, 0.2) is 0 Å². The fourth-order valence-corrected chi connectivity index (χ4v) is 2.83. The minimum absolute atomic E-state index is 0.0977. The molecule has 1 N–H and O–H groups in total. The minimum atomic E-state index is -0.924. The van der Waals surface area contributed by atoms with Crippen LogP contribution >= 0.6 is 0 Å². The number of nitrogens with zero attached hydrogens (tertiary/aromatic N) is 1. The summed E-state index contributed by atoms with van der Waals surface area (Å²) in [7, 11) is 0. The van der Waals surface area contributed by atoms with Crippen molar-refractivity contribution in [1.29, 1.82) is 0 Å². The third-order valence-electron chi connectivity index (χ3n) is 4.18. The number of benzene rings is 2. The Morgan fingerprint density at radius 3 is 2.54 bits per heavy atom. The van der Waals surface area contributed by atoms with E-state index >= 15 is 0 Å². The van der Waals surface area contributed by atoms with E-state index in [1.807, 2.05) is 42.5 Å². The van der Waals surface area contributed by atoms with Gasteiger partial charge < -0.3 is 19.5 Å². The van der Waals surface area contributed by atoms with Crippen LogP contribution in [-0.2, 0) is 16.1 Å². The number of para-hydroxylation sites is 1. The van der Waals surface area contributed by atoms with Gasteiger partial charge in [0.1, 0.15) is 12.4 Å². The van der Waals surface area contributed by atoms with E-state index in [0.717, 1.165) is 11.3 Å². The Labute approximate surface area is 152 Å². The highest BCUT2D eigenvalue weighted by atomic mass is 16.5. The molecule has 1 atom stereocenters. The van der Waals surface area contributed by atoms with Gasteiger partial charge in [0.25, 0.3) is 5.91 Å². The van der Waals surface area contributed by atoms with Crippen LogP contribution in [-0.4, -0.2) is 47.7 Å². The Kier molecular flexibility index (Phi) is 5.86. The van der Waals surface area contributed by atoms with Gasteiger partial charge in [-0.1, -0.05) is 30.3 Å². The van der Waals surface area contributed by atoms with E-state index in [9.17, 15) is 9.59 Å². The second kappa shape index (κ2) is 8.49. The zero-order chi connectivity index (χ0) is 18.4. The Bertz CT molecular complexity index is 745. The predicted molar refractivity (Wildman–Crippen MR) is 95.1 cm³/mol. The molecule has 136 valence electrons. The largest absolute Gasteiger partial charge is 0.489 e. The molecular formula is C20H21NO5. The number of rotatable bonds is 6. The maximum atomic E-state index is 12.6. The average Bonchev–Trinajstić information content (AvgIpc) is 2.67. The van der Waals surface area contributed by atoms with Gasteiger partial charge >= 0.3 is 5.97 Å². The Morgan fingerprint density at radius 2 is 1.85 bits per heavy atom. The molecule has 0 aromatic heterocycles. The number of morpholine rings is 1. The lowest BCUT2D eigenvalue weighted by Crippen LogP contribution is -2.46. The molecule has 0 spiro atoms. The van der Waals surface area contributed by atoms with Gasteiger partial charge in [0.2, 0.25) is 0 Å². The summed E-state index contributed by atoms with van der Waals surface area (Å²) in [5, 5.41) is 8.88. The molecule has 0 saturated carbocycles. The van der Waals surface area contributed by atoms with Crippen molar-refractivity contribution in [3.8, 4) is 5.75 Å². The molecule has 26 heavy (non-hydrogen) atoms. The van der Waals surface area contributed by atoms with Crippen molar-refractivity contribution in [2.45, 2.75) is 19.1 Å². The fraction of sp³-hybridized carbons (Fsp3) is 0.300. The second-order valence-corrected chi connectivity index (χ2v) is 6.14. The van der Waals surface area contributed by atoms with Crippen LogP contribution in [0.25, 0.3) is 0 Å². The van der Waals surface area contributed by atoms with Gasteiger partial charge in [-0.15, -0.1) is 0 Å². The molecule has 0 aliphatic carbocycles. The number of carbonyl (C=O) groups excluding carboxylic acids is 1. The van der Waals surface area contributed by atoms with Crippen molar-refractivity contribution < 1.29 is 24.2 Å². The third-order valence-corrected chi connectivity index (χ3v) is 4.18. The Balaban J connectivity index is 1.57. The van der Waals surface area contributed by atoms with E-state index in [1.165, 1.54) is 0 Å². The highest BCUT2D eigenvalue weighted by Gasteiger charge is 2.26. The van der Waals surface area contributed by atoms with Crippen molar-refractivity contribution in [2.24, 2.45) is 0 Å². The number of hydrogen-bond donors (Lipinski definition) is 1. The van der Waals surface area contributed by atoms with E-state index in [1.54, 1.807) is 17.0 Å². The molecule has 1 amide bonds. The third kappa shape index (κ3) is 4.83. The molecule has 3 rings (SSSR count). The number of hydrogen-bond acceptors (Lipinski definition) is 4. The number of ether oxygens (including phenoxy) is 2. The summed E-state index contributed by atoms with van der Waals surface area (Å²) >= 11 is 0. The average molecular weight is 355 g/mol. The molecule has 0 unspecified atom stereocenters. The van der Waals surface area contributed by atoms with Crippen LogP contribution in [0.1, 0.15) is 22.3 Å². The number of carboxylic acid groups (broad SMARTS) is 1. The Morgan fingerprint density at radius 1 is 1.12 bits per heavy atom. The summed E-state index contributed by atoms with van der Waals surface area (Å²) in [6.07, 6.45) is -0.553. The summed E-state index contributed by atoms with van der Waals surface area (Å²) in [6, 6.07) is 16.8. The lowest BCUT2D eigenvalue weighted by atomic mass is 10.1. The molecule has 2 aromatic carbocycles. The first-order valence-electron chi connectivity index (χ1n) is 8.51. The van der Waals surface area contributed by atoms with E-state index < -0.39 is 12.1 Å². The number of amides is 1. The Hall–Kier alpha value is -2.86. The minimum Gasteiger partial charge on any atom is -0.489 e. The number of carbonyl (C=O) groups is 2. The summed E-state index contributed by atoms with van der Waals surface area (Å²) < 4.78 is 11.1. The van der Waals surface area contributed by atoms with E-state index in [0.29, 0.717) is 31.9 Å². The maximum absolute atomic E-state index is 12.6. The standard InChI is InChI=1S/C20H21NO5/c22-19(23)12-18-13-21(10-11-25-18)20(24)16-8-6-15(7-9-16)14-26-17-4-2-1-3-5-17/h1-9,18H,10-14H2,(H,22,23)/t18-/m0/s1. The van der Waals surface area contributed by atoms with Gasteiger partial charge in [0, 0.05) is 18.7 Å². The first kappa shape index (κ1) is 17.9. The van der Waals surface area contributed by atoms with Crippen molar-refractivity contribution in [3.05, 3.63) is 65.7 Å². The van der Waals surface area contributed by atoms with Crippen LogP contribution in [0, 0.1) is 0 Å². The van der Waals surface area contributed by atoms with Crippen molar-refractivity contribution in [1.82, 2.24) is 4.90 Å². The highest BCUT2D eigenvalue weighted by Crippen LogP contribution is 2.15. The molecule has 6 heteroatoms. The van der Waals surface area contributed by atoms with Crippen LogP contribution in [0.2, 0.25) is 0 Å². The molecule has 1 aliphatic heterocycles. The zero-order valence-electron chi connectivity index (χ0n) is 14.3. The van der Waals surface area contributed by atoms with Crippen LogP contribution < -0.4 is 4.74 Å². The molecule has 1 heterocycles. The molecule has 6 nitrogen and oxygen atoms in total. The van der Waals surface area contributed by atoms with Crippen molar-refractivity contribution in [2.75, 3.05) is 19.7 Å². The molecule has 1 aliphatic rings. The van der Waals surface area contributed by atoms with E-state index in [-0.39, 0.29) is 12.3 Å². The van der Waals surface area contributed by atoms with Crippen LogP contribution in [0.4, 0.5) is 0 Å². The summed E-state index contributed by atoms with van der Waals surface area (Å²) in [5.41, 5.74) is 1.54. The van der Waals surface area contributed by atoms with Gasteiger partial charge in [-0.2, -0.15) is 0 Å². The molecular weight excluding hydrogens is 334 g/mol. The van der Waals surface area contributed by atoms with Crippen LogP contribution in [0.3, 0.4) is 0 Å². The highest BCUT2D eigenvalue weighted by molar-refractivity contribution is 5.94. The number of aliphatic carboxylic acids is 1. The molecule has 2 aromatic rings. The lowest BCUT2D eigenvalue weighted by molar-refractivity contribution is -0.141. The van der Waals surface area contributed by atoms with E-state index in [2.05, 4.69) is 0 Å². The molecule has 1 saturated heterocycles. The first-order valence-corrected chi connectivity index (χ1v) is 8.51. The van der Waals surface area contributed by atoms with Gasteiger partial charge in [-0.25, -0.2) is 0 Å². The smallest absolute Gasteiger partial charge is 0.306 e. The van der Waals surface area contributed by atoms with E-state index in [4.69, 9.17) is 14.6 Å². The molecule has 1 fully saturated rings. The summed E-state index contributed by atoms with van der Waals surface area (Å²) in [4.78, 5) is 25.1. The monoisotopic (exact) mass is 355 g/mol. The van der Waals surface area contributed by atoms with Gasteiger partial charge in [-0.05, 0) is 29.8 Å². The first-order chi connectivity index (χ1) is 12.6. The SMILES string of the molecule is O=C(O)C[C@H]1CN(C(=O)c2ccc(COc3ccccc3)cc2)CCO1. The molecule has 0 radical (unpaired) electrons. The fourth-order valence-electron chi connectivity index (χ4n) is 2.83. The normalized spacial score (nSPS) is 16.9. The summed E-state index contributed by atoms with van der Waals surface area (Å²) in [5.74, 6) is -0.239. The topological polar surface area (TPSA) is 76.1 Å². The lowest BCUT2D eigenvalue weighted by Gasteiger charge is -2.32.